The number of benzene rings is 3. The summed E-state index contributed by atoms with van der Waals surface area (Å²) in [4.78, 5) is 15.4. The topological polar surface area (TPSA) is 71.5 Å². The average molecular weight is 386 g/mol. The van der Waals surface area contributed by atoms with Gasteiger partial charge in [-0.3, -0.25) is 4.79 Å². The highest BCUT2D eigenvalue weighted by atomic mass is 16.5. The molecule has 0 spiro atoms. The number of aliphatic carboxylic acids is 1. The van der Waals surface area contributed by atoms with Crippen LogP contribution in [0.4, 0.5) is 11.4 Å². The van der Waals surface area contributed by atoms with Crippen LogP contribution in [0.1, 0.15) is 18.4 Å². The van der Waals surface area contributed by atoms with Crippen molar-refractivity contribution < 1.29 is 14.6 Å². The number of carbonyl (C=O) groups is 1. The van der Waals surface area contributed by atoms with Crippen LogP contribution in [0.5, 0.6) is 5.75 Å². The third-order valence-electron chi connectivity index (χ3n) is 4.84. The number of nitrogens with one attached hydrogen (secondary N) is 1. The van der Waals surface area contributed by atoms with Gasteiger partial charge in [-0.2, -0.15) is 0 Å². The molecule has 3 aromatic carbocycles. The summed E-state index contributed by atoms with van der Waals surface area (Å²) in [7, 11) is 0. The van der Waals surface area contributed by atoms with Gasteiger partial charge in [-0.05, 0) is 49.2 Å². The highest BCUT2D eigenvalue weighted by Crippen LogP contribution is 2.34. The van der Waals surface area contributed by atoms with Gasteiger partial charge in [0.1, 0.15) is 5.75 Å². The molecule has 0 fully saturated rings. The fourth-order valence-corrected chi connectivity index (χ4v) is 3.38. The first kappa shape index (κ1) is 18.7. The number of fused-ring (bicyclic) bond motifs is 2. The number of hydrogen-bond donors (Lipinski definition) is 2. The summed E-state index contributed by atoms with van der Waals surface area (Å²) in [5.74, 6) is -0.0820. The zero-order valence-corrected chi connectivity index (χ0v) is 16.2. The van der Waals surface area contributed by atoms with Crippen LogP contribution in [0.15, 0.2) is 66.7 Å². The van der Waals surface area contributed by atoms with Crippen molar-refractivity contribution in [3.8, 4) is 5.75 Å². The molecule has 0 aliphatic rings. The highest BCUT2D eigenvalue weighted by Gasteiger charge is 2.10. The molecule has 0 aliphatic heterocycles. The summed E-state index contributed by atoms with van der Waals surface area (Å²) in [6, 6.07) is 22.0. The van der Waals surface area contributed by atoms with E-state index in [1.54, 1.807) is 0 Å². The second kappa shape index (κ2) is 8.19. The first-order valence-corrected chi connectivity index (χ1v) is 9.61. The van der Waals surface area contributed by atoms with Crippen LogP contribution in [0.2, 0.25) is 0 Å². The molecule has 4 aromatic rings. The normalized spacial score (nSPS) is 10.9. The van der Waals surface area contributed by atoms with Crippen molar-refractivity contribution >= 4 is 39.1 Å². The number of carboxylic acids is 1. The monoisotopic (exact) mass is 386 g/mol. The Kier molecular flexibility index (Phi) is 5.29. The van der Waals surface area contributed by atoms with E-state index in [1.807, 2.05) is 48.5 Å². The largest absolute Gasteiger partial charge is 0.494 e. The van der Waals surface area contributed by atoms with Crippen LogP contribution in [-0.2, 0) is 4.79 Å². The lowest BCUT2D eigenvalue weighted by Crippen LogP contribution is -2.02. The third kappa shape index (κ3) is 4.14. The quantitative estimate of drug-likeness (QED) is 0.316. The molecule has 5 nitrogen and oxygen atoms in total. The first-order valence-electron chi connectivity index (χ1n) is 9.61. The molecule has 0 atom stereocenters. The Bertz CT molecular complexity index is 1170. The van der Waals surface area contributed by atoms with E-state index in [0.29, 0.717) is 13.0 Å². The minimum absolute atomic E-state index is 0.112. The summed E-state index contributed by atoms with van der Waals surface area (Å²) in [6.07, 6.45) is 0.602. The molecule has 146 valence electrons. The van der Waals surface area contributed by atoms with Crippen LogP contribution in [0, 0.1) is 6.92 Å². The van der Waals surface area contributed by atoms with Crippen molar-refractivity contribution in [3.05, 3.63) is 72.3 Å². The number of rotatable bonds is 7. The maximum atomic E-state index is 10.6. The summed E-state index contributed by atoms with van der Waals surface area (Å²) < 4.78 is 5.62. The summed E-state index contributed by atoms with van der Waals surface area (Å²) in [5, 5.41) is 14.4. The van der Waals surface area contributed by atoms with E-state index in [4.69, 9.17) is 14.8 Å². The van der Waals surface area contributed by atoms with Gasteiger partial charge < -0.3 is 15.2 Å². The van der Waals surface area contributed by atoms with Crippen LogP contribution < -0.4 is 10.1 Å². The van der Waals surface area contributed by atoms with E-state index in [0.717, 1.165) is 44.5 Å². The highest BCUT2D eigenvalue weighted by molar-refractivity contribution is 6.09. The molecule has 0 saturated heterocycles. The van der Waals surface area contributed by atoms with Crippen LogP contribution in [0.3, 0.4) is 0 Å². The van der Waals surface area contributed by atoms with E-state index in [1.165, 1.54) is 0 Å². The van der Waals surface area contributed by atoms with E-state index >= 15 is 0 Å². The lowest BCUT2D eigenvalue weighted by Gasteiger charge is -2.15. The molecule has 1 aromatic heterocycles. The van der Waals surface area contributed by atoms with Crippen molar-refractivity contribution in [2.45, 2.75) is 19.8 Å². The number of ether oxygens (including phenoxy) is 1. The molecule has 0 aliphatic carbocycles. The predicted molar refractivity (Wildman–Crippen MR) is 116 cm³/mol. The molecule has 4 rings (SSSR count). The fourth-order valence-electron chi connectivity index (χ4n) is 3.38. The van der Waals surface area contributed by atoms with Gasteiger partial charge in [0, 0.05) is 22.9 Å². The summed E-state index contributed by atoms with van der Waals surface area (Å²) >= 11 is 0. The van der Waals surface area contributed by atoms with Crippen LogP contribution in [-0.4, -0.2) is 22.7 Å². The molecule has 29 heavy (non-hydrogen) atoms. The van der Waals surface area contributed by atoms with Crippen molar-refractivity contribution in [2.24, 2.45) is 0 Å². The molecule has 5 heteroatoms. The van der Waals surface area contributed by atoms with Crippen LogP contribution >= 0.6 is 0 Å². The number of carboxylic acid groups (broad SMARTS) is 1. The molecule has 0 bridgehead atoms. The number of pyridine rings is 1. The van der Waals surface area contributed by atoms with Crippen molar-refractivity contribution in [3.63, 3.8) is 0 Å². The molecule has 2 N–H and O–H groups in total. The van der Waals surface area contributed by atoms with Crippen LogP contribution in [0.25, 0.3) is 21.8 Å². The molecular weight excluding hydrogens is 364 g/mol. The Morgan fingerprint density at radius 2 is 1.76 bits per heavy atom. The van der Waals surface area contributed by atoms with Gasteiger partial charge in [0.2, 0.25) is 0 Å². The van der Waals surface area contributed by atoms with Gasteiger partial charge in [0.05, 0.1) is 23.3 Å². The van der Waals surface area contributed by atoms with E-state index in [9.17, 15) is 4.79 Å². The number of anilines is 2. The number of hydrogen-bond acceptors (Lipinski definition) is 4. The average Bonchev–Trinajstić information content (AvgIpc) is 2.73. The van der Waals surface area contributed by atoms with Crippen molar-refractivity contribution in [2.75, 3.05) is 11.9 Å². The standard InChI is InChI=1S/C24H22N2O3/c1-16-6-4-8-20-23(16)26-21-9-3-2-7-19(21)24(20)25-17-11-13-18(14-12-17)29-15-5-10-22(27)28/h2-4,6-9,11-14H,5,10,15H2,1H3,(H,25,26)(H,27,28). The number of nitrogens with zero attached hydrogens (tertiary/aromatic N) is 1. The minimum Gasteiger partial charge on any atom is -0.494 e. The number of para-hydroxylation sites is 2. The Morgan fingerprint density at radius 3 is 2.55 bits per heavy atom. The minimum atomic E-state index is -0.805. The Balaban J connectivity index is 1.62. The second-order valence-corrected chi connectivity index (χ2v) is 6.97. The van der Waals surface area contributed by atoms with Gasteiger partial charge in [0.25, 0.3) is 0 Å². The number of aryl methyl sites for hydroxylation is 1. The third-order valence-corrected chi connectivity index (χ3v) is 4.84. The van der Waals surface area contributed by atoms with Gasteiger partial charge in [-0.25, -0.2) is 4.98 Å². The Morgan fingerprint density at radius 1 is 1.00 bits per heavy atom. The zero-order valence-electron chi connectivity index (χ0n) is 16.2. The molecule has 0 radical (unpaired) electrons. The zero-order chi connectivity index (χ0) is 20.2. The Labute approximate surface area is 169 Å². The van der Waals surface area contributed by atoms with E-state index in [-0.39, 0.29) is 6.42 Å². The molecule has 0 unspecified atom stereocenters. The fraction of sp³-hybridized carbons (Fsp3) is 0.167. The Hall–Kier alpha value is -3.60. The van der Waals surface area contributed by atoms with E-state index < -0.39 is 5.97 Å². The van der Waals surface area contributed by atoms with Gasteiger partial charge in [-0.1, -0.05) is 36.4 Å². The van der Waals surface area contributed by atoms with Gasteiger partial charge in [-0.15, -0.1) is 0 Å². The first-order chi connectivity index (χ1) is 14.1. The lowest BCUT2D eigenvalue weighted by molar-refractivity contribution is -0.137. The smallest absolute Gasteiger partial charge is 0.303 e. The summed E-state index contributed by atoms with van der Waals surface area (Å²) in [5.41, 5.74) is 5.06. The van der Waals surface area contributed by atoms with Crippen molar-refractivity contribution in [1.82, 2.24) is 4.98 Å². The maximum Gasteiger partial charge on any atom is 0.303 e. The van der Waals surface area contributed by atoms with E-state index in [2.05, 4.69) is 30.4 Å². The van der Waals surface area contributed by atoms with Crippen molar-refractivity contribution in [1.29, 1.82) is 0 Å². The second-order valence-electron chi connectivity index (χ2n) is 6.97. The maximum absolute atomic E-state index is 10.6. The molecular formula is C24H22N2O3. The predicted octanol–water partition coefficient (Wildman–Crippen LogP) is 5.68. The molecule has 1 heterocycles. The van der Waals surface area contributed by atoms with Gasteiger partial charge in [0.15, 0.2) is 0 Å². The SMILES string of the molecule is Cc1cccc2c(Nc3ccc(OCCCC(=O)O)cc3)c3ccccc3nc12. The summed E-state index contributed by atoms with van der Waals surface area (Å²) in [6.45, 7) is 2.46. The number of aromatic nitrogens is 1. The van der Waals surface area contributed by atoms with Gasteiger partial charge >= 0.3 is 5.97 Å². The lowest BCUT2D eigenvalue weighted by atomic mass is 10.0. The molecule has 0 amide bonds. The molecule has 0 saturated carbocycles.